The van der Waals surface area contributed by atoms with Crippen molar-refractivity contribution in [3.63, 3.8) is 0 Å². The molecular weight excluding hydrogens is 286 g/mol. The van der Waals surface area contributed by atoms with Gasteiger partial charge in [-0.25, -0.2) is 4.98 Å². The molecule has 0 aliphatic carbocycles. The molecule has 0 unspecified atom stereocenters. The quantitative estimate of drug-likeness (QED) is 0.598. The summed E-state index contributed by atoms with van der Waals surface area (Å²) in [4.78, 5) is 4.64. The zero-order valence-electron chi connectivity index (χ0n) is 14.5. The highest BCUT2D eigenvalue weighted by molar-refractivity contribution is 5.87. The molecule has 0 amide bonds. The van der Waals surface area contributed by atoms with Gasteiger partial charge in [0.05, 0.1) is 6.61 Å². The molecule has 0 bridgehead atoms. The molecule has 2 rings (SSSR count). The standard InChI is InChI=1S/C20H29NO2/c1-3-5-7-8-14-23-15-16-10-13-19(22)20-18(16)12-11-17(21-20)9-6-4-2/h10-13,22H,3-9,14-15H2,1-2H3. The highest BCUT2D eigenvalue weighted by Crippen LogP contribution is 2.27. The van der Waals surface area contributed by atoms with Crippen LogP contribution in [-0.2, 0) is 17.8 Å². The highest BCUT2D eigenvalue weighted by Gasteiger charge is 2.08. The maximum absolute atomic E-state index is 10.1. The van der Waals surface area contributed by atoms with Crippen LogP contribution in [0.5, 0.6) is 5.75 Å². The lowest BCUT2D eigenvalue weighted by Crippen LogP contribution is -1.98. The van der Waals surface area contributed by atoms with Crippen molar-refractivity contribution in [2.24, 2.45) is 0 Å². The predicted octanol–water partition coefficient (Wildman–Crippen LogP) is 5.38. The summed E-state index contributed by atoms with van der Waals surface area (Å²) in [5, 5.41) is 11.1. The van der Waals surface area contributed by atoms with Crippen LogP contribution < -0.4 is 0 Å². The smallest absolute Gasteiger partial charge is 0.141 e. The second kappa shape index (κ2) is 9.51. The summed E-state index contributed by atoms with van der Waals surface area (Å²) in [6, 6.07) is 7.82. The third-order valence-electron chi connectivity index (χ3n) is 4.17. The summed E-state index contributed by atoms with van der Waals surface area (Å²) in [6.07, 6.45) is 8.10. The van der Waals surface area contributed by atoms with Crippen molar-refractivity contribution in [2.75, 3.05) is 6.61 Å². The van der Waals surface area contributed by atoms with E-state index in [9.17, 15) is 5.11 Å². The van der Waals surface area contributed by atoms with Gasteiger partial charge in [0.15, 0.2) is 0 Å². The van der Waals surface area contributed by atoms with Crippen molar-refractivity contribution in [1.82, 2.24) is 4.98 Å². The molecule has 1 aromatic carbocycles. The second-order valence-electron chi connectivity index (χ2n) is 6.16. The number of benzene rings is 1. The van der Waals surface area contributed by atoms with Crippen molar-refractivity contribution < 1.29 is 9.84 Å². The van der Waals surface area contributed by atoms with Crippen LogP contribution in [0.15, 0.2) is 24.3 Å². The van der Waals surface area contributed by atoms with Gasteiger partial charge in [-0.1, -0.05) is 51.7 Å². The third kappa shape index (κ3) is 5.21. The molecule has 1 N–H and O–H groups in total. The van der Waals surface area contributed by atoms with Crippen molar-refractivity contribution in [3.05, 3.63) is 35.5 Å². The van der Waals surface area contributed by atoms with Gasteiger partial charge in [-0.05, 0) is 37.0 Å². The third-order valence-corrected chi connectivity index (χ3v) is 4.17. The molecule has 0 aliphatic heterocycles. The molecule has 0 saturated carbocycles. The molecule has 1 heterocycles. The minimum absolute atomic E-state index is 0.255. The van der Waals surface area contributed by atoms with Crippen LogP contribution in [0.4, 0.5) is 0 Å². The molecule has 3 nitrogen and oxygen atoms in total. The lowest BCUT2D eigenvalue weighted by Gasteiger charge is -2.10. The van der Waals surface area contributed by atoms with Crippen molar-refractivity contribution in [1.29, 1.82) is 0 Å². The van der Waals surface area contributed by atoms with E-state index in [0.717, 1.165) is 48.9 Å². The number of pyridine rings is 1. The minimum Gasteiger partial charge on any atom is -0.506 e. The van der Waals surface area contributed by atoms with E-state index in [-0.39, 0.29) is 5.75 Å². The molecular formula is C20H29NO2. The first kappa shape index (κ1) is 17.7. The zero-order chi connectivity index (χ0) is 16.5. The van der Waals surface area contributed by atoms with E-state index < -0.39 is 0 Å². The van der Waals surface area contributed by atoms with Crippen LogP contribution in [0.3, 0.4) is 0 Å². The Morgan fingerprint density at radius 2 is 1.78 bits per heavy atom. The Labute approximate surface area is 139 Å². The Morgan fingerprint density at radius 1 is 0.957 bits per heavy atom. The van der Waals surface area contributed by atoms with Gasteiger partial charge in [0.25, 0.3) is 0 Å². The average Bonchev–Trinajstić information content (AvgIpc) is 2.58. The number of fused-ring (bicyclic) bond motifs is 1. The lowest BCUT2D eigenvalue weighted by atomic mass is 10.1. The fraction of sp³-hybridized carbons (Fsp3) is 0.550. The van der Waals surface area contributed by atoms with Gasteiger partial charge in [-0.3, -0.25) is 0 Å². The SMILES string of the molecule is CCCCCCOCc1ccc(O)c2nc(CCCC)ccc12. The number of phenolic OH excluding ortho intramolecular Hbond substituents is 1. The van der Waals surface area contributed by atoms with Gasteiger partial charge < -0.3 is 9.84 Å². The number of aromatic nitrogens is 1. The van der Waals surface area contributed by atoms with Gasteiger partial charge in [-0.2, -0.15) is 0 Å². The van der Waals surface area contributed by atoms with Crippen LogP contribution in [0.1, 0.15) is 63.6 Å². The van der Waals surface area contributed by atoms with Crippen LogP contribution in [-0.4, -0.2) is 16.7 Å². The minimum atomic E-state index is 0.255. The van der Waals surface area contributed by atoms with E-state index >= 15 is 0 Å². The Hall–Kier alpha value is -1.61. The monoisotopic (exact) mass is 315 g/mol. The van der Waals surface area contributed by atoms with Gasteiger partial charge >= 0.3 is 0 Å². The summed E-state index contributed by atoms with van der Waals surface area (Å²) < 4.78 is 5.80. The number of ether oxygens (including phenoxy) is 1. The van der Waals surface area contributed by atoms with Gasteiger partial charge in [0.1, 0.15) is 11.3 Å². The molecule has 126 valence electrons. The summed E-state index contributed by atoms with van der Waals surface area (Å²) in [6.45, 7) is 5.77. The van der Waals surface area contributed by atoms with E-state index in [0.29, 0.717) is 12.1 Å². The number of phenols is 1. The predicted molar refractivity (Wildman–Crippen MR) is 95.8 cm³/mol. The van der Waals surface area contributed by atoms with Crippen molar-refractivity contribution >= 4 is 10.9 Å². The number of hydrogen-bond donors (Lipinski definition) is 1. The molecule has 1 aromatic heterocycles. The molecule has 0 saturated heterocycles. The first-order valence-electron chi connectivity index (χ1n) is 8.94. The first-order valence-corrected chi connectivity index (χ1v) is 8.94. The van der Waals surface area contributed by atoms with Crippen LogP contribution in [0, 0.1) is 0 Å². The number of rotatable bonds is 10. The molecule has 0 atom stereocenters. The normalized spacial score (nSPS) is 11.2. The number of aryl methyl sites for hydroxylation is 1. The maximum Gasteiger partial charge on any atom is 0.141 e. The van der Waals surface area contributed by atoms with E-state index in [1.54, 1.807) is 6.07 Å². The fourth-order valence-electron chi connectivity index (χ4n) is 2.74. The largest absolute Gasteiger partial charge is 0.506 e. The molecule has 3 heteroatoms. The van der Waals surface area contributed by atoms with Crippen LogP contribution in [0.25, 0.3) is 10.9 Å². The van der Waals surface area contributed by atoms with Crippen LogP contribution >= 0.6 is 0 Å². The summed E-state index contributed by atoms with van der Waals surface area (Å²) in [7, 11) is 0. The van der Waals surface area contributed by atoms with E-state index in [4.69, 9.17) is 4.74 Å². The number of unbranched alkanes of at least 4 members (excludes halogenated alkanes) is 4. The molecule has 0 aliphatic rings. The Morgan fingerprint density at radius 3 is 2.57 bits per heavy atom. The van der Waals surface area contributed by atoms with E-state index in [1.165, 1.54) is 19.3 Å². The average molecular weight is 315 g/mol. The second-order valence-corrected chi connectivity index (χ2v) is 6.16. The summed E-state index contributed by atoms with van der Waals surface area (Å²) in [5.74, 6) is 0.255. The van der Waals surface area contributed by atoms with Crippen LogP contribution in [0.2, 0.25) is 0 Å². The topological polar surface area (TPSA) is 42.4 Å². The highest BCUT2D eigenvalue weighted by atomic mass is 16.5. The van der Waals surface area contributed by atoms with E-state index in [2.05, 4.69) is 31.0 Å². The van der Waals surface area contributed by atoms with Gasteiger partial charge in [-0.15, -0.1) is 0 Å². The van der Waals surface area contributed by atoms with Crippen molar-refractivity contribution in [3.8, 4) is 5.75 Å². The molecule has 0 spiro atoms. The van der Waals surface area contributed by atoms with E-state index in [1.807, 2.05) is 6.07 Å². The number of nitrogens with zero attached hydrogens (tertiary/aromatic N) is 1. The summed E-state index contributed by atoms with van der Waals surface area (Å²) in [5.41, 5.74) is 2.85. The molecule has 0 radical (unpaired) electrons. The molecule has 0 fully saturated rings. The Balaban J connectivity index is 2.04. The van der Waals surface area contributed by atoms with Gasteiger partial charge in [0, 0.05) is 17.7 Å². The van der Waals surface area contributed by atoms with Gasteiger partial charge in [0.2, 0.25) is 0 Å². The molecule has 23 heavy (non-hydrogen) atoms. The zero-order valence-corrected chi connectivity index (χ0v) is 14.5. The Bertz CT molecular complexity index is 610. The number of aromatic hydroxyl groups is 1. The Kier molecular flexibility index (Phi) is 7.34. The number of hydrogen-bond acceptors (Lipinski definition) is 3. The fourth-order valence-corrected chi connectivity index (χ4v) is 2.74. The molecule has 2 aromatic rings. The first-order chi connectivity index (χ1) is 11.3. The lowest BCUT2D eigenvalue weighted by molar-refractivity contribution is 0.117. The summed E-state index contributed by atoms with van der Waals surface area (Å²) >= 11 is 0. The van der Waals surface area contributed by atoms with Crippen molar-refractivity contribution in [2.45, 2.75) is 65.4 Å². The maximum atomic E-state index is 10.1.